The zero-order chi connectivity index (χ0) is 40.3. The van der Waals surface area contributed by atoms with Gasteiger partial charge in [0.1, 0.15) is 24.3 Å². The maximum Gasteiger partial charge on any atom is 0.490 e. The molecule has 3 atom stereocenters. The molecule has 53 heavy (non-hydrogen) atoms. The van der Waals surface area contributed by atoms with Crippen LogP contribution in [0.5, 0.6) is 0 Å². The summed E-state index contributed by atoms with van der Waals surface area (Å²) in [5.74, 6) is -8.19. The summed E-state index contributed by atoms with van der Waals surface area (Å²) in [6.45, 7) is 4.91. The van der Waals surface area contributed by atoms with Crippen molar-refractivity contribution >= 4 is 29.7 Å². The standard InChI is InChI=1S/C33H40F2N4O7.C2HF3O2/c1-33(2,3)30(39(28(41)19-40)14-13-25(36)31(44)37-26(32(45)46)11-12-29(42)43)27-15-21(23-16-22(34)9-10-24(23)35)18-38(27)17-20-7-5-4-6-8-20;3-2(4,5)1(6)7/h4-10,15-16,18,25-26,30,40H,11-14,17,19,36H2,1-3H3,(H,37,44)(H,42,43)(H,45,46);(H,6,7)/t25-,26+,30-;/m0./s1. The average molecular weight is 757 g/mol. The van der Waals surface area contributed by atoms with Crippen LogP contribution in [0, 0.1) is 17.0 Å². The number of nitrogens with zero attached hydrogens (tertiary/aromatic N) is 2. The molecule has 0 bridgehead atoms. The molecule has 0 saturated heterocycles. The number of benzene rings is 2. The van der Waals surface area contributed by atoms with Crippen molar-refractivity contribution < 1.29 is 66.4 Å². The van der Waals surface area contributed by atoms with Crippen molar-refractivity contribution in [3.05, 3.63) is 83.7 Å². The lowest BCUT2D eigenvalue weighted by Crippen LogP contribution is -2.50. The zero-order valence-electron chi connectivity index (χ0n) is 28.9. The predicted octanol–water partition coefficient (Wildman–Crippen LogP) is 4.17. The number of carbonyl (C=O) groups is 5. The summed E-state index contributed by atoms with van der Waals surface area (Å²) in [7, 11) is 0. The van der Waals surface area contributed by atoms with Crippen molar-refractivity contribution in [2.24, 2.45) is 11.1 Å². The first-order valence-corrected chi connectivity index (χ1v) is 16.0. The Kier molecular flexibility index (Phi) is 15.6. The number of rotatable bonds is 15. The van der Waals surface area contributed by atoms with Crippen LogP contribution < -0.4 is 11.1 Å². The van der Waals surface area contributed by atoms with Crippen molar-refractivity contribution in [2.75, 3.05) is 13.2 Å². The van der Waals surface area contributed by atoms with Crippen LogP contribution in [-0.2, 0) is 30.5 Å². The predicted molar refractivity (Wildman–Crippen MR) is 179 cm³/mol. The number of alkyl halides is 3. The van der Waals surface area contributed by atoms with Crippen LogP contribution in [0.1, 0.15) is 57.3 Å². The zero-order valence-corrected chi connectivity index (χ0v) is 28.9. The summed E-state index contributed by atoms with van der Waals surface area (Å²) in [6.07, 6.45) is -4.39. The third-order valence-corrected chi connectivity index (χ3v) is 7.75. The third kappa shape index (κ3) is 13.3. The first-order chi connectivity index (χ1) is 24.6. The number of nitrogens with one attached hydrogen (secondary N) is 1. The number of hydrogen-bond acceptors (Lipinski definition) is 7. The van der Waals surface area contributed by atoms with Crippen LogP contribution in [0.2, 0.25) is 0 Å². The Labute approximate surface area is 300 Å². The Hall–Kier alpha value is -5.36. The second kappa shape index (κ2) is 18.9. The summed E-state index contributed by atoms with van der Waals surface area (Å²) >= 11 is 0. The van der Waals surface area contributed by atoms with E-state index in [4.69, 9.17) is 20.7 Å². The van der Waals surface area contributed by atoms with Gasteiger partial charge in [-0.15, -0.1) is 0 Å². The first kappa shape index (κ1) is 43.8. The minimum atomic E-state index is -5.08. The van der Waals surface area contributed by atoms with Gasteiger partial charge in [-0.2, -0.15) is 13.2 Å². The molecule has 3 aromatic rings. The van der Waals surface area contributed by atoms with E-state index in [1.807, 2.05) is 55.7 Å². The van der Waals surface area contributed by atoms with Gasteiger partial charge in [0.05, 0.1) is 12.1 Å². The highest BCUT2D eigenvalue weighted by atomic mass is 19.4. The largest absolute Gasteiger partial charge is 0.490 e. The Morgan fingerprint density at radius 3 is 2.04 bits per heavy atom. The van der Waals surface area contributed by atoms with Crippen molar-refractivity contribution in [2.45, 2.75) is 70.9 Å². The van der Waals surface area contributed by atoms with Gasteiger partial charge in [-0.05, 0) is 48.1 Å². The fourth-order valence-corrected chi connectivity index (χ4v) is 5.31. The molecule has 0 unspecified atom stereocenters. The number of carboxylic acids is 3. The van der Waals surface area contributed by atoms with Crippen LogP contribution in [0.15, 0.2) is 60.8 Å². The molecule has 1 heterocycles. The molecule has 1 aromatic heterocycles. The Bertz CT molecular complexity index is 1740. The lowest BCUT2D eigenvalue weighted by atomic mass is 9.82. The average Bonchev–Trinajstić information content (AvgIpc) is 3.46. The normalized spacial score (nSPS) is 13.2. The van der Waals surface area contributed by atoms with E-state index in [2.05, 4.69) is 5.32 Å². The third-order valence-electron chi connectivity index (χ3n) is 7.75. The Balaban J connectivity index is 0.00000126. The smallest absolute Gasteiger partial charge is 0.481 e. The van der Waals surface area contributed by atoms with Gasteiger partial charge in [-0.1, -0.05) is 51.1 Å². The number of nitrogens with two attached hydrogens (primary N) is 1. The van der Waals surface area contributed by atoms with E-state index in [0.29, 0.717) is 17.8 Å². The number of aliphatic hydroxyl groups excluding tert-OH is 1. The maximum absolute atomic E-state index is 14.9. The highest BCUT2D eigenvalue weighted by molar-refractivity contribution is 5.87. The van der Waals surface area contributed by atoms with Crippen molar-refractivity contribution in [1.29, 1.82) is 0 Å². The topological polar surface area (TPSA) is 212 Å². The van der Waals surface area contributed by atoms with Crippen LogP contribution in [0.3, 0.4) is 0 Å². The molecule has 0 radical (unpaired) electrons. The molecular weight excluding hydrogens is 715 g/mol. The van der Waals surface area contributed by atoms with Crippen molar-refractivity contribution in [3.63, 3.8) is 0 Å². The maximum atomic E-state index is 14.9. The molecule has 0 fully saturated rings. The number of aliphatic carboxylic acids is 3. The van der Waals surface area contributed by atoms with Crippen LogP contribution >= 0.6 is 0 Å². The minimum absolute atomic E-state index is 0.0235. The molecule has 2 amide bonds. The minimum Gasteiger partial charge on any atom is -0.481 e. The molecule has 0 saturated carbocycles. The van der Waals surface area contributed by atoms with E-state index in [9.17, 15) is 51.3 Å². The van der Waals surface area contributed by atoms with Gasteiger partial charge < -0.3 is 40.9 Å². The molecule has 0 aliphatic rings. The van der Waals surface area contributed by atoms with Gasteiger partial charge in [0.15, 0.2) is 0 Å². The summed E-state index contributed by atoms with van der Waals surface area (Å²) in [5.41, 5.74) is 7.23. The molecule has 0 spiro atoms. The Morgan fingerprint density at radius 2 is 1.53 bits per heavy atom. The van der Waals surface area contributed by atoms with Crippen LogP contribution in [0.25, 0.3) is 11.1 Å². The van der Waals surface area contributed by atoms with Gasteiger partial charge in [-0.3, -0.25) is 14.4 Å². The lowest BCUT2D eigenvalue weighted by molar-refractivity contribution is -0.192. The Morgan fingerprint density at radius 1 is 0.925 bits per heavy atom. The molecule has 2 aromatic carbocycles. The van der Waals surface area contributed by atoms with Gasteiger partial charge in [0.25, 0.3) is 0 Å². The van der Waals surface area contributed by atoms with E-state index in [0.717, 1.165) is 23.8 Å². The number of amides is 2. The quantitative estimate of drug-likeness (QED) is 0.122. The van der Waals surface area contributed by atoms with E-state index in [1.54, 1.807) is 12.3 Å². The first-order valence-electron chi connectivity index (χ1n) is 16.0. The second-order valence-corrected chi connectivity index (χ2v) is 12.9. The number of halogens is 5. The van der Waals surface area contributed by atoms with Gasteiger partial charge in [0.2, 0.25) is 11.8 Å². The van der Waals surface area contributed by atoms with Crippen molar-refractivity contribution in [1.82, 2.24) is 14.8 Å². The van der Waals surface area contributed by atoms with E-state index < -0.39 is 84.1 Å². The molecule has 13 nitrogen and oxygen atoms in total. The van der Waals surface area contributed by atoms with E-state index in [1.165, 1.54) is 4.90 Å². The molecular formula is C35H41F5N4O9. The fraction of sp³-hybridized carbons (Fsp3) is 0.400. The fourth-order valence-electron chi connectivity index (χ4n) is 5.31. The summed E-state index contributed by atoms with van der Waals surface area (Å²) in [5, 5.41) is 37.6. The highest BCUT2D eigenvalue weighted by Crippen LogP contribution is 2.41. The number of hydrogen-bond donors (Lipinski definition) is 6. The van der Waals surface area contributed by atoms with E-state index in [-0.39, 0.29) is 24.9 Å². The van der Waals surface area contributed by atoms with Gasteiger partial charge >= 0.3 is 24.1 Å². The number of aliphatic hydroxyl groups is 1. The van der Waals surface area contributed by atoms with Crippen molar-refractivity contribution in [3.8, 4) is 11.1 Å². The van der Waals surface area contributed by atoms with Crippen LogP contribution in [0.4, 0.5) is 22.0 Å². The SMILES string of the molecule is CC(C)(C)[C@H](c1cc(-c2cc(F)ccc2F)cn1Cc1ccccc1)N(CC[C@H](N)C(=O)N[C@H](CCC(=O)O)C(=O)O)C(=O)CO.O=C(O)C(F)(F)F. The molecule has 3 rings (SSSR count). The molecule has 18 heteroatoms. The second-order valence-electron chi connectivity index (χ2n) is 12.9. The van der Waals surface area contributed by atoms with Gasteiger partial charge in [0, 0.05) is 42.5 Å². The number of aromatic nitrogens is 1. The number of carboxylic acid groups (broad SMARTS) is 3. The van der Waals surface area contributed by atoms with Crippen LogP contribution in [-0.4, -0.2) is 91.0 Å². The molecule has 0 aliphatic carbocycles. The summed E-state index contributed by atoms with van der Waals surface area (Å²) < 4.78 is 62.7. The summed E-state index contributed by atoms with van der Waals surface area (Å²) in [6, 6.07) is 10.6. The summed E-state index contributed by atoms with van der Waals surface area (Å²) in [4.78, 5) is 58.8. The molecule has 7 N–H and O–H groups in total. The molecule has 0 aliphatic heterocycles. The number of carbonyl (C=O) groups excluding carboxylic acids is 2. The highest BCUT2D eigenvalue weighted by Gasteiger charge is 2.39. The monoisotopic (exact) mass is 756 g/mol. The van der Waals surface area contributed by atoms with E-state index >= 15 is 0 Å². The molecule has 290 valence electrons. The lowest BCUT2D eigenvalue weighted by Gasteiger charge is -2.41. The van der Waals surface area contributed by atoms with Gasteiger partial charge in [-0.25, -0.2) is 18.4 Å².